The van der Waals surface area contributed by atoms with Gasteiger partial charge in [0.25, 0.3) is 0 Å². The molecule has 1 aromatic rings. The quantitative estimate of drug-likeness (QED) is 0.789. The lowest BCUT2D eigenvalue weighted by Crippen LogP contribution is -2.46. The molecule has 0 radical (unpaired) electrons. The van der Waals surface area contributed by atoms with Gasteiger partial charge in [-0.15, -0.1) is 0 Å². The second-order valence-corrected chi connectivity index (χ2v) is 9.68. The Hall–Kier alpha value is -1.22. The normalized spacial score (nSPS) is 25.7. The van der Waals surface area contributed by atoms with Gasteiger partial charge in [-0.05, 0) is 64.8 Å². The summed E-state index contributed by atoms with van der Waals surface area (Å²) in [7, 11) is -2.02. The van der Waals surface area contributed by atoms with E-state index >= 15 is 0 Å². The molecule has 2 unspecified atom stereocenters. The molecule has 0 bridgehead atoms. The van der Waals surface area contributed by atoms with E-state index in [0.29, 0.717) is 12.2 Å². The number of hydrogen-bond acceptors (Lipinski definition) is 6. The zero-order chi connectivity index (χ0) is 19.4. The molecular formula is C19H32N4O3S. The van der Waals surface area contributed by atoms with Gasteiger partial charge >= 0.3 is 0 Å². The Bertz CT molecular complexity index is 692. The molecule has 2 atom stereocenters. The van der Waals surface area contributed by atoms with Crippen molar-refractivity contribution in [2.45, 2.75) is 50.2 Å². The molecule has 0 spiro atoms. The molecule has 0 aliphatic carbocycles. The molecule has 152 valence electrons. The highest BCUT2D eigenvalue weighted by Crippen LogP contribution is 2.25. The van der Waals surface area contributed by atoms with Crippen LogP contribution in [0.3, 0.4) is 0 Å². The third-order valence-corrected chi connectivity index (χ3v) is 6.99. The number of morpholine rings is 1. The Balaban J connectivity index is 1.46. The maximum atomic E-state index is 11.8. The molecule has 27 heavy (non-hydrogen) atoms. The van der Waals surface area contributed by atoms with Gasteiger partial charge in [-0.2, -0.15) is 0 Å². The van der Waals surface area contributed by atoms with Crippen LogP contribution in [0.4, 0.5) is 5.82 Å². The number of pyridine rings is 1. The molecule has 2 fully saturated rings. The van der Waals surface area contributed by atoms with E-state index in [2.05, 4.69) is 33.4 Å². The largest absolute Gasteiger partial charge is 0.373 e. The van der Waals surface area contributed by atoms with Crippen LogP contribution in [-0.4, -0.2) is 70.3 Å². The highest BCUT2D eigenvalue weighted by atomic mass is 32.2. The van der Waals surface area contributed by atoms with Gasteiger partial charge in [0.2, 0.25) is 10.0 Å². The van der Waals surface area contributed by atoms with E-state index in [1.807, 2.05) is 0 Å². The Labute approximate surface area is 163 Å². The van der Waals surface area contributed by atoms with E-state index < -0.39 is 10.0 Å². The number of aromatic nitrogens is 1. The highest BCUT2D eigenvalue weighted by Gasteiger charge is 2.25. The first-order valence-corrected chi connectivity index (χ1v) is 11.4. The van der Waals surface area contributed by atoms with Crippen molar-refractivity contribution in [3.05, 3.63) is 18.3 Å². The first kappa shape index (κ1) is 20.5. The van der Waals surface area contributed by atoms with Crippen molar-refractivity contribution in [1.29, 1.82) is 0 Å². The molecule has 0 amide bonds. The zero-order valence-corrected chi connectivity index (χ0v) is 17.4. The number of hydrogen-bond donors (Lipinski definition) is 1. The fourth-order valence-electron chi connectivity index (χ4n) is 4.12. The summed E-state index contributed by atoms with van der Waals surface area (Å²) in [4.78, 5) is 9.36. The second-order valence-electron chi connectivity index (χ2n) is 7.80. The third kappa shape index (κ3) is 5.40. The predicted octanol–water partition coefficient (Wildman–Crippen LogP) is 1.71. The smallest absolute Gasteiger partial charge is 0.241 e. The van der Waals surface area contributed by atoms with Crippen LogP contribution in [0.25, 0.3) is 0 Å². The van der Waals surface area contributed by atoms with Gasteiger partial charge in [-0.1, -0.05) is 0 Å². The number of nitrogens with one attached hydrogen (secondary N) is 1. The van der Waals surface area contributed by atoms with Gasteiger partial charge in [0.15, 0.2) is 0 Å². The third-order valence-electron chi connectivity index (χ3n) is 5.59. The van der Waals surface area contributed by atoms with Crippen LogP contribution < -0.4 is 9.62 Å². The first-order valence-electron chi connectivity index (χ1n) is 9.89. The summed E-state index contributed by atoms with van der Waals surface area (Å²) in [5.41, 5.74) is 0. The van der Waals surface area contributed by atoms with Crippen molar-refractivity contribution in [1.82, 2.24) is 14.6 Å². The zero-order valence-electron chi connectivity index (χ0n) is 16.6. The molecule has 2 aliphatic rings. The molecule has 8 heteroatoms. The Morgan fingerprint density at radius 1 is 1.19 bits per heavy atom. The summed E-state index contributed by atoms with van der Waals surface area (Å²) in [6, 6.07) is 3.43. The average molecular weight is 397 g/mol. The van der Waals surface area contributed by atoms with Crippen molar-refractivity contribution in [3.63, 3.8) is 0 Å². The summed E-state index contributed by atoms with van der Waals surface area (Å²) in [5, 5.41) is 0. The van der Waals surface area contributed by atoms with Crippen molar-refractivity contribution < 1.29 is 13.2 Å². The first-order chi connectivity index (χ1) is 12.9. The van der Waals surface area contributed by atoms with Gasteiger partial charge < -0.3 is 9.64 Å². The minimum atomic E-state index is -3.43. The molecule has 2 saturated heterocycles. The number of sulfonamides is 1. The van der Waals surface area contributed by atoms with E-state index in [4.69, 9.17) is 4.74 Å². The fourth-order valence-corrected chi connectivity index (χ4v) is 4.79. The minimum absolute atomic E-state index is 0.206. The van der Waals surface area contributed by atoms with Crippen LogP contribution in [0.5, 0.6) is 0 Å². The van der Waals surface area contributed by atoms with Gasteiger partial charge in [0.05, 0.1) is 12.2 Å². The molecular weight excluding hydrogens is 364 g/mol. The van der Waals surface area contributed by atoms with Crippen molar-refractivity contribution >= 4 is 15.8 Å². The van der Waals surface area contributed by atoms with E-state index in [1.165, 1.54) is 19.7 Å². The van der Waals surface area contributed by atoms with Gasteiger partial charge in [0, 0.05) is 32.4 Å². The van der Waals surface area contributed by atoms with Crippen LogP contribution in [0, 0.1) is 5.92 Å². The lowest BCUT2D eigenvalue weighted by Gasteiger charge is -2.37. The molecule has 0 aromatic carbocycles. The van der Waals surface area contributed by atoms with Crippen molar-refractivity contribution in [2.75, 3.05) is 44.7 Å². The Morgan fingerprint density at radius 3 is 2.41 bits per heavy atom. The second kappa shape index (κ2) is 8.86. The van der Waals surface area contributed by atoms with Crippen LogP contribution >= 0.6 is 0 Å². The lowest BCUT2D eigenvalue weighted by molar-refractivity contribution is -0.0690. The summed E-state index contributed by atoms with van der Waals surface area (Å²) in [6.07, 6.45) is 5.66. The number of ether oxygens (including phenoxy) is 1. The average Bonchev–Trinajstić information content (AvgIpc) is 2.66. The van der Waals surface area contributed by atoms with Crippen molar-refractivity contribution in [2.24, 2.45) is 5.92 Å². The summed E-state index contributed by atoms with van der Waals surface area (Å²) >= 11 is 0. The molecule has 7 nitrogen and oxygen atoms in total. The fraction of sp³-hybridized carbons (Fsp3) is 0.737. The van der Waals surface area contributed by atoms with E-state index in [9.17, 15) is 8.42 Å². The molecule has 2 aliphatic heterocycles. The SMILES string of the molecule is CNS(=O)(=O)c1ccc(N2CCC(CCN3CC(C)OC(C)C3)CC2)nc1. The van der Waals surface area contributed by atoms with E-state index in [-0.39, 0.29) is 4.90 Å². The summed E-state index contributed by atoms with van der Waals surface area (Å²) < 4.78 is 31.7. The summed E-state index contributed by atoms with van der Waals surface area (Å²) in [6.45, 7) is 9.49. The Kier molecular flexibility index (Phi) is 6.73. The number of rotatable bonds is 6. The minimum Gasteiger partial charge on any atom is -0.373 e. The van der Waals surface area contributed by atoms with E-state index in [0.717, 1.165) is 57.3 Å². The van der Waals surface area contributed by atoms with Gasteiger partial charge in [-0.3, -0.25) is 4.90 Å². The van der Waals surface area contributed by atoms with Crippen LogP contribution in [0.2, 0.25) is 0 Å². The monoisotopic (exact) mass is 396 g/mol. The molecule has 3 rings (SSSR count). The summed E-state index contributed by atoms with van der Waals surface area (Å²) in [5.74, 6) is 1.61. The number of anilines is 1. The molecule has 1 N–H and O–H groups in total. The van der Waals surface area contributed by atoms with Crippen molar-refractivity contribution in [3.8, 4) is 0 Å². The van der Waals surface area contributed by atoms with Crippen LogP contribution in [0.1, 0.15) is 33.1 Å². The molecule has 1 aromatic heterocycles. The number of piperidine rings is 1. The standard InChI is InChI=1S/C19H32N4O3S/c1-15-13-22(14-16(2)26-15)9-6-17-7-10-23(11-8-17)19-5-4-18(12-21-19)27(24,25)20-3/h4-5,12,15-17,20H,6-11,13-14H2,1-3H3. The topological polar surface area (TPSA) is 74.8 Å². The maximum absolute atomic E-state index is 11.8. The lowest BCUT2D eigenvalue weighted by atomic mass is 9.93. The highest BCUT2D eigenvalue weighted by molar-refractivity contribution is 7.89. The van der Waals surface area contributed by atoms with Gasteiger partial charge in [-0.25, -0.2) is 18.1 Å². The van der Waals surface area contributed by atoms with Gasteiger partial charge in [0.1, 0.15) is 10.7 Å². The molecule has 3 heterocycles. The molecule has 0 saturated carbocycles. The maximum Gasteiger partial charge on any atom is 0.241 e. The van der Waals surface area contributed by atoms with Crippen LogP contribution in [-0.2, 0) is 14.8 Å². The Morgan fingerprint density at radius 2 is 1.85 bits per heavy atom. The van der Waals surface area contributed by atoms with E-state index in [1.54, 1.807) is 12.1 Å². The number of nitrogens with zero attached hydrogens (tertiary/aromatic N) is 3. The predicted molar refractivity (Wildman–Crippen MR) is 106 cm³/mol. The van der Waals surface area contributed by atoms with Crippen LogP contribution in [0.15, 0.2) is 23.2 Å².